The van der Waals surface area contributed by atoms with Crippen molar-refractivity contribution in [2.24, 2.45) is 5.92 Å². The van der Waals surface area contributed by atoms with Crippen LogP contribution in [-0.2, 0) is 4.74 Å². The van der Waals surface area contributed by atoms with E-state index in [2.05, 4.69) is 13.8 Å². The van der Waals surface area contributed by atoms with Gasteiger partial charge in [0, 0.05) is 6.61 Å². The quantitative estimate of drug-likeness (QED) is 0.550. The third-order valence-corrected chi connectivity index (χ3v) is 2.45. The minimum absolute atomic E-state index is 0.0214. The summed E-state index contributed by atoms with van der Waals surface area (Å²) in [4.78, 5) is 11.4. The van der Waals surface area contributed by atoms with E-state index in [1.807, 2.05) is 25.1 Å². The molecule has 3 heteroatoms. The average Bonchev–Trinajstić information content (AvgIpc) is 2.27. The second-order valence-electron chi connectivity index (χ2n) is 4.87. The Bertz CT molecular complexity index is 397. The Kier molecular flexibility index (Phi) is 5.86. The van der Waals surface area contributed by atoms with Crippen molar-refractivity contribution >= 4 is 5.78 Å². The maximum atomic E-state index is 11.4. The highest BCUT2D eigenvalue weighted by Gasteiger charge is 2.08. The molecule has 0 atom stereocenters. The molecular formula is C15H22O3. The van der Waals surface area contributed by atoms with E-state index in [0.717, 1.165) is 12.2 Å². The second kappa shape index (κ2) is 7.17. The summed E-state index contributed by atoms with van der Waals surface area (Å²) in [7, 11) is 0. The van der Waals surface area contributed by atoms with Crippen LogP contribution in [0.2, 0.25) is 0 Å². The number of rotatable bonds is 7. The van der Waals surface area contributed by atoms with Gasteiger partial charge in [0.25, 0.3) is 0 Å². The first-order chi connectivity index (χ1) is 8.50. The fraction of sp³-hybridized carbons (Fsp3) is 0.533. The molecule has 0 saturated heterocycles. The largest absolute Gasteiger partial charge is 0.490 e. The van der Waals surface area contributed by atoms with Gasteiger partial charge in [-0.3, -0.25) is 4.79 Å². The van der Waals surface area contributed by atoms with Gasteiger partial charge in [0.2, 0.25) is 0 Å². The van der Waals surface area contributed by atoms with Gasteiger partial charge >= 0.3 is 0 Å². The van der Waals surface area contributed by atoms with Gasteiger partial charge in [-0.1, -0.05) is 19.9 Å². The molecular weight excluding hydrogens is 228 g/mol. The normalized spacial score (nSPS) is 10.7. The molecule has 0 heterocycles. The maximum absolute atomic E-state index is 11.4. The van der Waals surface area contributed by atoms with Crippen LogP contribution in [0.4, 0.5) is 0 Å². The first kappa shape index (κ1) is 14.7. The molecule has 0 fully saturated rings. The molecule has 0 aliphatic rings. The summed E-state index contributed by atoms with van der Waals surface area (Å²) < 4.78 is 11.1. The minimum atomic E-state index is 0.0214. The Balaban J connectivity index is 2.50. The monoisotopic (exact) mass is 250 g/mol. The molecule has 0 aliphatic heterocycles. The molecule has 0 bridgehead atoms. The van der Waals surface area contributed by atoms with E-state index in [9.17, 15) is 4.79 Å². The standard InChI is InChI=1S/C15H22O3/c1-11(2)10-17-7-8-18-15-9-12(3)5-6-14(15)13(4)16/h5-6,9,11H,7-8,10H2,1-4H3. The van der Waals surface area contributed by atoms with Crippen molar-refractivity contribution < 1.29 is 14.3 Å². The van der Waals surface area contributed by atoms with E-state index < -0.39 is 0 Å². The maximum Gasteiger partial charge on any atom is 0.163 e. The average molecular weight is 250 g/mol. The Morgan fingerprint density at radius 2 is 2.00 bits per heavy atom. The molecule has 1 aromatic rings. The van der Waals surface area contributed by atoms with Crippen LogP contribution in [0.25, 0.3) is 0 Å². The smallest absolute Gasteiger partial charge is 0.163 e. The Morgan fingerprint density at radius 1 is 1.28 bits per heavy atom. The zero-order valence-corrected chi connectivity index (χ0v) is 11.7. The summed E-state index contributed by atoms with van der Waals surface area (Å²) in [5.41, 5.74) is 1.71. The van der Waals surface area contributed by atoms with E-state index in [4.69, 9.17) is 9.47 Å². The summed E-state index contributed by atoms with van der Waals surface area (Å²) in [6, 6.07) is 5.61. The molecule has 1 rings (SSSR count). The molecule has 0 aromatic heterocycles. The van der Waals surface area contributed by atoms with Crippen molar-refractivity contribution in [1.82, 2.24) is 0 Å². The van der Waals surface area contributed by atoms with Gasteiger partial charge in [-0.2, -0.15) is 0 Å². The minimum Gasteiger partial charge on any atom is -0.490 e. The summed E-state index contributed by atoms with van der Waals surface area (Å²) >= 11 is 0. The Morgan fingerprint density at radius 3 is 2.61 bits per heavy atom. The van der Waals surface area contributed by atoms with Crippen molar-refractivity contribution in [1.29, 1.82) is 0 Å². The molecule has 0 saturated carbocycles. The van der Waals surface area contributed by atoms with Gasteiger partial charge in [0.15, 0.2) is 5.78 Å². The molecule has 18 heavy (non-hydrogen) atoms. The predicted molar refractivity (Wildman–Crippen MR) is 72.3 cm³/mol. The zero-order chi connectivity index (χ0) is 13.5. The van der Waals surface area contributed by atoms with Crippen molar-refractivity contribution in [3.8, 4) is 5.75 Å². The SMILES string of the molecule is CC(=O)c1ccc(C)cc1OCCOCC(C)C. The lowest BCUT2D eigenvalue weighted by Gasteiger charge is -2.11. The van der Waals surface area contributed by atoms with Crippen LogP contribution in [0.15, 0.2) is 18.2 Å². The van der Waals surface area contributed by atoms with E-state index in [-0.39, 0.29) is 5.78 Å². The summed E-state index contributed by atoms with van der Waals surface area (Å²) in [6.45, 7) is 9.49. The van der Waals surface area contributed by atoms with Crippen LogP contribution in [0, 0.1) is 12.8 Å². The van der Waals surface area contributed by atoms with E-state index in [1.54, 1.807) is 6.92 Å². The van der Waals surface area contributed by atoms with Crippen LogP contribution in [-0.4, -0.2) is 25.6 Å². The molecule has 0 N–H and O–H groups in total. The molecule has 0 aliphatic carbocycles. The highest BCUT2D eigenvalue weighted by atomic mass is 16.5. The van der Waals surface area contributed by atoms with Crippen LogP contribution in [0.5, 0.6) is 5.75 Å². The number of carbonyl (C=O) groups is 1. The number of Topliss-reactive ketones (excluding diaryl/α,β-unsaturated/α-hetero) is 1. The van der Waals surface area contributed by atoms with Gasteiger partial charge in [0.1, 0.15) is 12.4 Å². The second-order valence-corrected chi connectivity index (χ2v) is 4.87. The number of ether oxygens (including phenoxy) is 2. The van der Waals surface area contributed by atoms with Crippen LogP contribution < -0.4 is 4.74 Å². The number of carbonyl (C=O) groups excluding carboxylic acids is 1. The van der Waals surface area contributed by atoms with Crippen LogP contribution >= 0.6 is 0 Å². The number of benzene rings is 1. The van der Waals surface area contributed by atoms with Crippen molar-refractivity contribution in [3.63, 3.8) is 0 Å². The van der Waals surface area contributed by atoms with Gasteiger partial charge in [-0.15, -0.1) is 0 Å². The van der Waals surface area contributed by atoms with Crippen LogP contribution in [0.1, 0.15) is 36.7 Å². The Hall–Kier alpha value is -1.35. The number of ketones is 1. The van der Waals surface area contributed by atoms with Gasteiger partial charge in [-0.05, 0) is 37.5 Å². The molecule has 0 spiro atoms. The fourth-order valence-electron chi connectivity index (χ4n) is 1.57. The molecule has 3 nitrogen and oxygen atoms in total. The number of hydrogen-bond donors (Lipinski definition) is 0. The highest BCUT2D eigenvalue weighted by Crippen LogP contribution is 2.20. The van der Waals surface area contributed by atoms with Gasteiger partial charge in [-0.25, -0.2) is 0 Å². The summed E-state index contributed by atoms with van der Waals surface area (Å²) in [5, 5.41) is 0. The van der Waals surface area contributed by atoms with Crippen molar-refractivity contribution in [2.45, 2.75) is 27.7 Å². The van der Waals surface area contributed by atoms with Crippen molar-refractivity contribution in [3.05, 3.63) is 29.3 Å². The lowest BCUT2D eigenvalue weighted by molar-refractivity contribution is 0.0810. The zero-order valence-electron chi connectivity index (χ0n) is 11.7. The molecule has 1 aromatic carbocycles. The lowest BCUT2D eigenvalue weighted by atomic mass is 10.1. The highest BCUT2D eigenvalue weighted by molar-refractivity contribution is 5.96. The third-order valence-electron chi connectivity index (χ3n) is 2.45. The number of aryl methyl sites for hydroxylation is 1. The fourth-order valence-corrected chi connectivity index (χ4v) is 1.57. The van der Waals surface area contributed by atoms with Crippen molar-refractivity contribution in [2.75, 3.05) is 19.8 Å². The number of hydrogen-bond acceptors (Lipinski definition) is 3. The Labute approximate surface area is 109 Å². The first-order valence-corrected chi connectivity index (χ1v) is 6.33. The molecule has 100 valence electrons. The van der Waals surface area contributed by atoms with E-state index in [0.29, 0.717) is 30.4 Å². The molecule has 0 amide bonds. The van der Waals surface area contributed by atoms with E-state index in [1.165, 1.54) is 0 Å². The topological polar surface area (TPSA) is 35.5 Å². The third kappa shape index (κ3) is 4.88. The molecule has 0 radical (unpaired) electrons. The van der Waals surface area contributed by atoms with E-state index >= 15 is 0 Å². The predicted octanol–water partition coefficient (Wildman–Crippen LogP) is 3.25. The summed E-state index contributed by atoms with van der Waals surface area (Å²) in [5.74, 6) is 1.19. The summed E-state index contributed by atoms with van der Waals surface area (Å²) in [6.07, 6.45) is 0. The first-order valence-electron chi connectivity index (χ1n) is 6.33. The van der Waals surface area contributed by atoms with Gasteiger partial charge in [0.05, 0.1) is 12.2 Å². The molecule has 0 unspecified atom stereocenters. The van der Waals surface area contributed by atoms with Gasteiger partial charge < -0.3 is 9.47 Å². The lowest BCUT2D eigenvalue weighted by Crippen LogP contribution is -2.11. The van der Waals surface area contributed by atoms with Crippen LogP contribution in [0.3, 0.4) is 0 Å².